The van der Waals surface area contributed by atoms with Crippen LogP contribution in [0.1, 0.15) is 29.8 Å². The topological polar surface area (TPSA) is 29.1 Å². The van der Waals surface area contributed by atoms with Crippen molar-refractivity contribution in [3.8, 4) is 0 Å². The molecule has 1 unspecified atom stereocenters. The van der Waals surface area contributed by atoms with E-state index in [9.17, 15) is 18.0 Å². The summed E-state index contributed by atoms with van der Waals surface area (Å²) in [6.45, 7) is 3.74. The lowest BCUT2D eigenvalue weighted by Crippen LogP contribution is -2.40. The minimum atomic E-state index is -4.49. The van der Waals surface area contributed by atoms with Crippen LogP contribution in [0, 0.1) is 5.92 Å². The highest BCUT2D eigenvalue weighted by molar-refractivity contribution is 9.10. The molecule has 1 N–H and O–H groups in total. The van der Waals surface area contributed by atoms with Crippen LogP contribution in [0.25, 0.3) is 0 Å². The highest BCUT2D eigenvalue weighted by Gasteiger charge is 2.31. The summed E-state index contributed by atoms with van der Waals surface area (Å²) in [5.74, 6) is -0.302. The normalized spacial score (nSPS) is 13.4. The second-order valence-electron chi connectivity index (χ2n) is 4.67. The van der Waals surface area contributed by atoms with E-state index in [-0.39, 0.29) is 23.4 Å². The largest absolute Gasteiger partial charge is 0.416 e. The average Bonchev–Trinajstić information content (AvgIpc) is 2.34. The van der Waals surface area contributed by atoms with E-state index in [4.69, 9.17) is 11.6 Å². The number of hydrogen-bond acceptors (Lipinski definition) is 1. The number of alkyl halides is 4. The SMILES string of the molecule is CC(C)C(CCl)NC(=O)c1cc(C(F)(F)F)ccc1Br. The smallest absolute Gasteiger partial charge is 0.348 e. The van der Waals surface area contributed by atoms with E-state index < -0.39 is 17.6 Å². The fraction of sp³-hybridized carbons (Fsp3) is 0.462. The second kappa shape index (κ2) is 6.80. The molecule has 1 rings (SSSR count). The molecule has 7 heteroatoms. The van der Waals surface area contributed by atoms with Crippen LogP contribution in [0.15, 0.2) is 22.7 Å². The lowest BCUT2D eigenvalue weighted by Gasteiger charge is -2.20. The lowest BCUT2D eigenvalue weighted by atomic mass is 10.0. The van der Waals surface area contributed by atoms with Gasteiger partial charge in [0.25, 0.3) is 5.91 Å². The van der Waals surface area contributed by atoms with Gasteiger partial charge in [0.15, 0.2) is 0 Å². The fourth-order valence-corrected chi connectivity index (χ4v) is 2.37. The first-order valence-electron chi connectivity index (χ1n) is 5.90. The molecule has 112 valence electrons. The van der Waals surface area contributed by atoms with Crippen molar-refractivity contribution in [1.82, 2.24) is 5.32 Å². The Balaban J connectivity index is 3.03. The first kappa shape index (κ1) is 17.3. The van der Waals surface area contributed by atoms with Gasteiger partial charge in [-0.15, -0.1) is 11.6 Å². The molecule has 1 aromatic rings. The molecule has 20 heavy (non-hydrogen) atoms. The number of rotatable bonds is 4. The lowest BCUT2D eigenvalue weighted by molar-refractivity contribution is -0.137. The van der Waals surface area contributed by atoms with Crippen LogP contribution < -0.4 is 5.32 Å². The Morgan fingerprint density at radius 2 is 2.00 bits per heavy atom. The summed E-state index contributed by atoms with van der Waals surface area (Å²) in [6, 6.07) is 2.65. The van der Waals surface area contributed by atoms with Crippen LogP contribution in [-0.2, 0) is 6.18 Å². The Kier molecular flexibility index (Phi) is 5.89. The van der Waals surface area contributed by atoms with Gasteiger partial charge in [-0.25, -0.2) is 0 Å². The van der Waals surface area contributed by atoms with Crippen molar-refractivity contribution in [2.24, 2.45) is 5.92 Å². The van der Waals surface area contributed by atoms with Gasteiger partial charge in [-0.1, -0.05) is 13.8 Å². The first-order valence-corrected chi connectivity index (χ1v) is 7.23. The van der Waals surface area contributed by atoms with Crippen LogP contribution in [-0.4, -0.2) is 17.8 Å². The van der Waals surface area contributed by atoms with Crippen molar-refractivity contribution in [1.29, 1.82) is 0 Å². The maximum absolute atomic E-state index is 12.7. The van der Waals surface area contributed by atoms with E-state index >= 15 is 0 Å². The van der Waals surface area contributed by atoms with Crippen molar-refractivity contribution in [3.05, 3.63) is 33.8 Å². The third-order valence-corrected chi connectivity index (χ3v) is 3.85. The molecule has 0 aliphatic carbocycles. The monoisotopic (exact) mass is 371 g/mol. The number of amides is 1. The summed E-state index contributed by atoms with van der Waals surface area (Å²) < 4.78 is 38.3. The molecule has 0 fully saturated rings. The molecule has 1 atom stereocenters. The highest BCUT2D eigenvalue weighted by atomic mass is 79.9. The molecule has 0 saturated heterocycles. The molecule has 1 amide bonds. The summed E-state index contributed by atoms with van der Waals surface area (Å²) in [5.41, 5.74) is -0.923. The Morgan fingerprint density at radius 3 is 2.45 bits per heavy atom. The number of carbonyl (C=O) groups is 1. The maximum atomic E-state index is 12.7. The zero-order valence-electron chi connectivity index (χ0n) is 10.9. The van der Waals surface area contributed by atoms with Gasteiger partial charge in [-0.3, -0.25) is 4.79 Å². The molecule has 0 aromatic heterocycles. The molecule has 0 aliphatic rings. The maximum Gasteiger partial charge on any atom is 0.416 e. The van der Waals surface area contributed by atoms with Gasteiger partial charge in [0.1, 0.15) is 0 Å². The van der Waals surface area contributed by atoms with Crippen molar-refractivity contribution in [2.75, 3.05) is 5.88 Å². The quantitative estimate of drug-likeness (QED) is 0.777. The summed E-state index contributed by atoms with van der Waals surface area (Å²) >= 11 is 8.82. The van der Waals surface area contributed by atoms with Crippen LogP contribution in [0.2, 0.25) is 0 Å². The summed E-state index contributed by atoms with van der Waals surface area (Å²) in [4.78, 5) is 12.1. The molecular weight excluding hydrogens is 358 g/mol. The minimum absolute atomic E-state index is 0.0596. The van der Waals surface area contributed by atoms with Crippen LogP contribution >= 0.6 is 27.5 Å². The number of benzene rings is 1. The fourth-order valence-electron chi connectivity index (χ4n) is 1.51. The first-order chi connectivity index (χ1) is 9.16. The Bertz CT molecular complexity index is 491. The minimum Gasteiger partial charge on any atom is -0.348 e. The predicted molar refractivity (Wildman–Crippen MR) is 76.0 cm³/mol. The van der Waals surface area contributed by atoms with E-state index in [1.165, 1.54) is 6.07 Å². The zero-order valence-corrected chi connectivity index (χ0v) is 13.2. The third kappa shape index (κ3) is 4.38. The van der Waals surface area contributed by atoms with Gasteiger partial charge in [-0.2, -0.15) is 13.2 Å². The third-order valence-electron chi connectivity index (χ3n) is 2.83. The summed E-state index contributed by atoms with van der Waals surface area (Å²) in [7, 11) is 0. The van der Waals surface area contributed by atoms with Gasteiger partial charge in [0.2, 0.25) is 0 Å². The van der Waals surface area contributed by atoms with Crippen molar-refractivity contribution in [3.63, 3.8) is 0 Å². The van der Waals surface area contributed by atoms with Crippen molar-refractivity contribution in [2.45, 2.75) is 26.1 Å². The average molecular weight is 373 g/mol. The van der Waals surface area contributed by atoms with Gasteiger partial charge in [-0.05, 0) is 40.0 Å². The Hall–Kier alpha value is -0.750. The second-order valence-corrected chi connectivity index (χ2v) is 5.83. The number of hydrogen-bond donors (Lipinski definition) is 1. The molecule has 0 aliphatic heterocycles. The molecular formula is C13H14BrClF3NO. The number of carbonyl (C=O) groups excluding carboxylic acids is 1. The van der Waals surface area contributed by atoms with E-state index in [1.54, 1.807) is 0 Å². The predicted octanol–water partition coefficient (Wildman–Crippen LogP) is 4.46. The van der Waals surface area contributed by atoms with Crippen molar-refractivity contribution < 1.29 is 18.0 Å². The molecule has 0 heterocycles. The zero-order chi connectivity index (χ0) is 15.5. The molecule has 0 bridgehead atoms. The Morgan fingerprint density at radius 1 is 1.40 bits per heavy atom. The molecule has 0 radical (unpaired) electrons. The van der Waals surface area contributed by atoms with E-state index in [0.717, 1.165) is 12.1 Å². The summed E-state index contributed by atoms with van der Waals surface area (Å²) in [5, 5.41) is 2.63. The van der Waals surface area contributed by atoms with Gasteiger partial charge >= 0.3 is 6.18 Å². The molecule has 0 spiro atoms. The molecule has 1 aromatic carbocycles. The van der Waals surface area contributed by atoms with E-state index in [0.29, 0.717) is 4.47 Å². The molecule has 2 nitrogen and oxygen atoms in total. The molecule has 0 saturated carbocycles. The number of halogens is 5. The van der Waals surface area contributed by atoms with Crippen molar-refractivity contribution >= 4 is 33.4 Å². The Labute approximate surface area is 128 Å². The van der Waals surface area contributed by atoms with Crippen LogP contribution in [0.3, 0.4) is 0 Å². The highest BCUT2D eigenvalue weighted by Crippen LogP contribution is 2.31. The van der Waals surface area contributed by atoms with E-state index in [2.05, 4.69) is 21.2 Å². The number of nitrogens with one attached hydrogen (secondary N) is 1. The van der Waals surface area contributed by atoms with Gasteiger partial charge < -0.3 is 5.32 Å². The standard InChI is InChI=1S/C13H14BrClF3NO/c1-7(2)11(6-15)19-12(20)9-5-8(13(16,17)18)3-4-10(9)14/h3-5,7,11H,6H2,1-2H3,(H,19,20). The van der Waals surface area contributed by atoms with Crippen LogP contribution in [0.4, 0.5) is 13.2 Å². The van der Waals surface area contributed by atoms with Gasteiger partial charge in [0, 0.05) is 16.4 Å². The summed E-state index contributed by atoms with van der Waals surface area (Å²) in [6.07, 6.45) is -4.49. The van der Waals surface area contributed by atoms with Crippen LogP contribution in [0.5, 0.6) is 0 Å². The van der Waals surface area contributed by atoms with E-state index in [1.807, 2.05) is 13.8 Å². The van der Waals surface area contributed by atoms with Gasteiger partial charge in [0.05, 0.1) is 11.1 Å².